The fraction of sp³-hybridized carbons (Fsp3) is 0.542. The van der Waals surface area contributed by atoms with Gasteiger partial charge in [0, 0.05) is 20.1 Å². The summed E-state index contributed by atoms with van der Waals surface area (Å²) < 4.78 is 11.0. The third-order valence-corrected chi connectivity index (χ3v) is 5.98. The van der Waals surface area contributed by atoms with Crippen LogP contribution in [0.1, 0.15) is 42.7 Å². The molecule has 1 aliphatic heterocycles. The number of hydrogen-bond donors (Lipinski definition) is 2. The summed E-state index contributed by atoms with van der Waals surface area (Å²) in [6, 6.07) is 12.8. The Balaban J connectivity index is 1.64. The highest BCUT2D eigenvalue weighted by Gasteiger charge is 2.23. The van der Waals surface area contributed by atoms with E-state index in [0.717, 1.165) is 37.1 Å². The van der Waals surface area contributed by atoms with Gasteiger partial charge in [0.1, 0.15) is 11.5 Å². The number of guanidine groups is 1. The lowest BCUT2D eigenvalue weighted by molar-refractivity contribution is 0.164. The molecule has 7 heteroatoms. The van der Waals surface area contributed by atoms with E-state index in [1.54, 1.807) is 13.4 Å². The summed E-state index contributed by atoms with van der Waals surface area (Å²) >= 11 is 0. The van der Waals surface area contributed by atoms with Crippen LogP contribution in [0.2, 0.25) is 0 Å². The molecular weight excluding hydrogens is 390 g/mol. The van der Waals surface area contributed by atoms with Crippen LogP contribution in [0.15, 0.2) is 52.1 Å². The van der Waals surface area contributed by atoms with E-state index in [2.05, 4.69) is 51.7 Å². The number of piperidine rings is 1. The summed E-state index contributed by atoms with van der Waals surface area (Å²) in [5.41, 5.74) is 1.30. The van der Waals surface area contributed by atoms with Crippen molar-refractivity contribution in [2.75, 3.05) is 54.4 Å². The number of furan rings is 1. The summed E-state index contributed by atoms with van der Waals surface area (Å²) in [4.78, 5) is 9.17. The molecule has 0 spiro atoms. The van der Waals surface area contributed by atoms with E-state index in [9.17, 15) is 0 Å². The highest BCUT2D eigenvalue weighted by Crippen LogP contribution is 2.26. The van der Waals surface area contributed by atoms with Gasteiger partial charge in [0.25, 0.3) is 0 Å². The van der Waals surface area contributed by atoms with Gasteiger partial charge in [-0.1, -0.05) is 18.6 Å². The molecule has 0 aliphatic carbocycles. The Morgan fingerprint density at radius 2 is 1.81 bits per heavy atom. The zero-order valence-corrected chi connectivity index (χ0v) is 19.3. The van der Waals surface area contributed by atoms with E-state index in [0.29, 0.717) is 12.6 Å². The Labute approximate surface area is 186 Å². The third-order valence-electron chi connectivity index (χ3n) is 5.98. The zero-order valence-electron chi connectivity index (χ0n) is 19.3. The molecule has 31 heavy (non-hydrogen) atoms. The normalized spacial score (nSPS) is 17.4. The van der Waals surface area contributed by atoms with Crippen molar-refractivity contribution in [1.82, 2.24) is 20.4 Å². The van der Waals surface area contributed by atoms with Crippen molar-refractivity contribution in [3.8, 4) is 5.75 Å². The molecule has 1 fully saturated rings. The first-order valence-corrected chi connectivity index (χ1v) is 11.1. The average Bonchev–Trinajstić information content (AvgIpc) is 3.33. The van der Waals surface area contributed by atoms with Gasteiger partial charge in [-0.2, -0.15) is 0 Å². The van der Waals surface area contributed by atoms with Crippen LogP contribution in [0.5, 0.6) is 5.75 Å². The highest BCUT2D eigenvalue weighted by atomic mass is 16.5. The molecule has 3 rings (SSSR count). The molecular formula is C24H37N5O2. The van der Waals surface area contributed by atoms with Crippen LogP contribution in [0, 0.1) is 0 Å². The molecule has 7 nitrogen and oxygen atoms in total. The fourth-order valence-electron chi connectivity index (χ4n) is 4.14. The molecule has 0 saturated carbocycles. The maximum atomic E-state index is 5.62. The van der Waals surface area contributed by atoms with Gasteiger partial charge in [-0.25, -0.2) is 0 Å². The van der Waals surface area contributed by atoms with Gasteiger partial charge in [0.2, 0.25) is 0 Å². The predicted octanol–water partition coefficient (Wildman–Crippen LogP) is 3.28. The summed E-state index contributed by atoms with van der Waals surface area (Å²) in [5, 5.41) is 7.02. The van der Waals surface area contributed by atoms with E-state index >= 15 is 0 Å². The minimum Gasteiger partial charge on any atom is -0.497 e. The summed E-state index contributed by atoms with van der Waals surface area (Å²) in [6.45, 7) is 3.76. The van der Waals surface area contributed by atoms with E-state index in [1.165, 1.54) is 24.8 Å². The number of benzene rings is 1. The Kier molecular flexibility index (Phi) is 8.79. The topological polar surface area (TPSA) is 65.3 Å². The van der Waals surface area contributed by atoms with Crippen LogP contribution in [-0.2, 0) is 0 Å². The first-order valence-electron chi connectivity index (χ1n) is 11.1. The lowest BCUT2D eigenvalue weighted by Crippen LogP contribution is -2.46. The van der Waals surface area contributed by atoms with Gasteiger partial charge in [0.05, 0.1) is 25.5 Å². The molecule has 0 radical (unpaired) electrons. The van der Waals surface area contributed by atoms with Gasteiger partial charge >= 0.3 is 0 Å². The second-order valence-electron chi connectivity index (χ2n) is 8.21. The Hall–Kier alpha value is -2.51. The minimum absolute atomic E-state index is 0.132. The van der Waals surface area contributed by atoms with Gasteiger partial charge in [-0.15, -0.1) is 0 Å². The molecule has 0 bridgehead atoms. The monoisotopic (exact) mass is 427 g/mol. The maximum Gasteiger partial charge on any atom is 0.191 e. The van der Waals surface area contributed by atoms with Gasteiger partial charge < -0.3 is 19.8 Å². The summed E-state index contributed by atoms with van der Waals surface area (Å²) in [6.07, 6.45) is 5.55. The molecule has 1 aromatic carbocycles. The van der Waals surface area contributed by atoms with Crippen LogP contribution in [0.25, 0.3) is 0 Å². The zero-order chi connectivity index (χ0) is 22.1. The number of ether oxygens (including phenoxy) is 1. The van der Waals surface area contributed by atoms with Gasteiger partial charge in [-0.3, -0.25) is 14.8 Å². The number of rotatable bonds is 9. The number of nitrogens with one attached hydrogen (secondary N) is 2. The first kappa shape index (κ1) is 23.2. The van der Waals surface area contributed by atoms with Crippen molar-refractivity contribution in [3.05, 3.63) is 54.0 Å². The number of aliphatic imine (C=N–C) groups is 1. The Morgan fingerprint density at radius 1 is 1.10 bits per heavy atom. The van der Waals surface area contributed by atoms with Crippen LogP contribution in [-0.4, -0.2) is 70.2 Å². The maximum absolute atomic E-state index is 5.62. The molecule has 2 atom stereocenters. The summed E-state index contributed by atoms with van der Waals surface area (Å²) in [5.74, 6) is 2.63. The van der Waals surface area contributed by atoms with Crippen molar-refractivity contribution in [2.24, 2.45) is 4.99 Å². The van der Waals surface area contributed by atoms with Crippen molar-refractivity contribution < 1.29 is 9.15 Å². The third kappa shape index (κ3) is 6.48. The molecule has 1 aliphatic rings. The highest BCUT2D eigenvalue weighted by molar-refractivity contribution is 5.79. The molecule has 2 aromatic rings. The number of methoxy groups -OCH3 is 1. The standard InChI is InChI=1S/C24H37N5O2/c1-25-24(27-18-22(28(2)3)23-9-8-16-31-23)26-17-21(29-14-6-5-7-15-29)19-10-12-20(30-4)13-11-19/h8-13,16,21-22H,5-7,14-15,17-18H2,1-4H3,(H2,25,26,27). The number of nitrogens with zero attached hydrogens (tertiary/aromatic N) is 3. The lowest BCUT2D eigenvalue weighted by Gasteiger charge is -2.35. The van der Waals surface area contributed by atoms with Crippen molar-refractivity contribution in [1.29, 1.82) is 0 Å². The van der Waals surface area contributed by atoms with Crippen molar-refractivity contribution in [3.63, 3.8) is 0 Å². The second kappa shape index (κ2) is 11.8. The van der Waals surface area contributed by atoms with Crippen LogP contribution >= 0.6 is 0 Å². The van der Waals surface area contributed by atoms with E-state index in [4.69, 9.17) is 9.15 Å². The Morgan fingerprint density at radius 3 is 2.39 bits per heavy atom. The van der Waals surface area contributed by atoms with Crippen molar-refractivity contribution in [2.45, 2.75) is 31.3 Å². The molecule has 0 amide bonds. The first-order chi connectivity index (χ1) is 15.1. The van der Waals surface area contributed by atoms with Gasteiger partial charge in [0.15, 0.2) is 5.96 Å². The largest absolute Gasteiger partial charge is 0.497 e. The number of likely N-dealkylation sites (N-methyl/N-ethyl adjacent to an activating group) is 1. The van der Waals surface area contributed by atoms with Gasteiger partial charge in [-0.05, 0) is 69.9 Å². The molecule has 170 valence electrons. The van der Waals surface area contributed by atoms with E-state index < -0.39 is 0 Å². The SMILES string of the molecule is CN=C(NCC(c1ccco1)N(C)C)NCC(c1ccc(OC)cc1)N1CCCCC1. The number of likely N-dealkylation sites (tertiary alicyclic amines) is 1. The van der Waals surface area contributed by atoms with E-state index in [1.807, 2.05) is 31.3 Å². The summed E-state index contributed by atoms with van der Waals surface area (Å²) in [7, 11) is 7.64. The Bertz CT molecular complexity index is 783. The lowest BCUT2D eigenvalue weighted by atomic mass is 10.0. The van der Waals surface area contributed by atoms with Crippen molar-refractivity contribution >= 4 is 5.96 Å². The number of hydrogen-bond acceptors (Lipinski definition) is 5. The minimum atomic E-state index is 0.132. The quantitative estimate of drug-likeness (QED) is 0.473. The fourth-order valence-corrected chi connectivity index (χ4v) is 4.14. The molecule has 1 saturated heterocycles. The van der Waals surface area contributed by atoms with E-state index in [-0.39, 0.29) is 6.04 Å². The smallest absolute Gasteiger partial charge is 0.191 e. The second-order valence-corrected chi connectivity index (χ2v) is 8.21. The predicted molar refractivity (Wildman–Crippen MR) is 126 cm³/mol. The molecule has 1 aromatic heterocycles. The van der Waals surface area contributed by atoms with Crippen LogP contribution < -0.4 is 15.4 Å². The molecule has 2 unspecified atom stereocenters. The van der Waals surface area contributed by atoms with Crippen LogP contribution in [0.3, 0.4) is 0 Å². The average molecular weight is 428 g/mol. The molecule has 2 N–H and O–H groups in total. The van der Waals surface area contributed by atoms with Crippen LogP contribution in [0.4, 0.5) is 0 Å². The molecule has 2 heterocycles.